The van der Waals surface area contributed by atoms with Crippen LogP contribution in [0.5, 0.6) is 5.75 Å². The molecule has 3 aromatic rings. The van der Waals surface area contributed by atoms with Gasteiger partial charge >= 0.3 is 0 Å². The number of furan rings is 1. The van der Waals surface area contributed by atoms with Gasteiger partial charge in [0.1, 0.15) is 17.1 Å². The van der Waals surface area contributed by atoms with Crippen LogP contribution in [0, 0.1) is 0 Å². The number of carbonyl (C=O) groups excluding carboxylic acids is 1. The zero-order valence-electron chi connectivity index (χ0n) is 13.3. The van der Waals surface area contributed by atoms with Crippen LogP contribution in [0.3, 0.4) is 0 Å². The van der Waals surface area contributed by atoms with Gasteiger partial charge in [-0.2, -0.15) is 0 Å². The minimum Gasteiger partial charge on any atom is -0.506 e. The standard InChI is InChI=1S/C19H16Br2O3/c1-3-10-5-6-12-16(7-10)24-15(4-2)17(12)18(22)11-8-13(20)19(23)14(21)9-11/h5-9,23H,3-4H2,1-2H3. The minimum absolute atomic E-state index is 0.0758. The summed E-state index contributed by atoms with van der Waals surface area (Å²) in [6.07, 6.45) is 1.55. The predicted molar refractivity (Wildman–Crippen MR) is 102 cm³/mol. The quantitative estimate of drug-likeness (QED) is 0.493. The van der Waals surface area contributed by atoms with E-state index in [0.29, 0.717) is 32.3 Å². The second-order valence-corrected chi connectivity index (χ2v) is 7.26. The number of aromatic hydroxyl groups is 1. The molecule has 0 unspecified atom stereocenters. The summed E-state index contributed by atoms with van der Waals surface area (Å²) in [5, 5.41) is 10.7. The van der Waals surface area contributed by atoms with E-state index in [2.05, 4.69) is 38.8 Å². The number of benzene rings is 2. The first kappa shape index (κ1) is 17.2. The van der Waals surface area contributed by atoms with Crippen LogP contribution >= 0.6 is 31.9 Å². The highest BCUT2D eigenvalue weighted by Gasteiger charge is 2.22. The molecule has 0 atom stereocenters. The molecule has 0 aliphatic heterocycles. The van der Waals surface area contributed by atoms with Gasteiger partial charge in [0.25, 0.3) is 0 Å². The molecular formula is C19H16Br2O3. The molecule has 1 aromatic heterocycles. The second kappa shape index (κ2) is 6.73. The smallest absolute Gasteiger partial charge is 0.197 e. The molecule has 24 heavy (non-hydrogen) atoms. The highest BCUT2D eigenvalue weighted by molar-refractivity contribution is 9.11. The normalized spacial score (nSPS) is 11.2. The Morgan fingerprint density at radius 2 is 1.75 bits per heavy atom. The Morgan fingerprint density at radius 1 is 1.08 bits per heavy atom. The summed E-state index contributed by atoms with van der Waals surface area (Å²) in [6.45, 7) is 4.06. The molecule has 5 heteroatoms. The van der Waals surface area contributed by atoms with E-state index >= 15 is 0 Å². The van der Waals surface area contributed by atoms with Crippen molar-refractivity contribution in [1.82, 2.24) is 0 Å². The van der Waals surface area contributed by atoms with Crippen LogP contribution in [0.1, 0.15) is 41.1 Å². The third-order valence-electron chi connectivity index (χ3n) is 4.06. The third kappa shape index (κ3) is 2.91. The molecule has 2 aromatic carbocycles. The van der Waals surface area contributed by atoms with Gasteiger partial charge in [0, 0.05) is 17.4 Å². The molecule has 3 rings (SSSR count). The summed E-state index contributed by atoms with van der Waals surface area (Å²) < 4.78 is 6.87. The lowest BCUT2D eigenvalue weighted by molar-refractivity contribution is 0.103. The topological polar surface area (TPSA) is 50.4 Å². The van der Waals surface area contributed by atoms with Crippen molar-refractivity contribution in [3.05, 3.63) is 61.7 Å². The van der Waals surface area contributed by atoms with E-state index in [9.17, 15) is 9.90 Å². The largest absolute Gasteiger partial charge is 0.506 e. The van der Waals surface area contributed by atoms with Gasteiger partial charge in [0.15, 0.2) is 5.78 Å². The number of ketones is 1. The van der Waals surface area contributed by atoms with Gasteiger partial charge in [0.2, 0.25) is 0 Å². The summed E-state index contributed by atoms with van der Waals surface area (Å²) in [4.78, 5) is 13.1. The summed E-state index contributed by atoms with van der Waals surface area (Å²) in [5.74, 6) is 0.645. The Balaban J connectivity index is 2.19. The van der Waals surface area contributed by atoms with Crippen molar-refractivity contribution in [3.63, 3.8) is 0 Å². The Kier molecular flexibility index (Phi) is 4.83. The lowest BCUT2D eigenvalue weighted by Gasteiger charge is -2.06. The van der Waals surface area contributed by atoms with Crippen LogP contribution in [-0.2, 0) is 12.8 Å². The van der Waals surface area contributed by atoms with Crippen LogP contribution in [0.25, 0.3) is 11.0 Å². The maximum absolute atomic E-state index is 13.1. The van der Waals surface area contributed by atoms with Crippen molar-refractivity contribution >= 4 is 48.6 Å². The third-order valence-corrected chi connectivity index (χ3v) is 5.27. The van der Waals surface area contributed by atoms with Gasteiger partial charge in [-0.3, -0.25) is 4.79 Å². The number of hydrogen-bond acceptors (Lipinski definition) is 3. The van der Waals surface area contributed by atoms with Crippen LogP contribution < -0.4 is 0 Å². The zero-order chi connectivity index (χ0) is 17.4. The second-order valence-electron chi connectivity index (χ2n) is 5.56. The Labute approximate surface area is 156 Å². The number of phenols is 1. The van der Waals surface area contributed by atoms with Crippen LogP contribution in [0.2, 0.25) is 0 Å². The molecule has 0 amide bonds. The molecule has 0 radical (unpaired) electrons. The molecule has 1 heterocycles. The van der Waals surface area contributed by atoms with E-state index in [-0.39, 0.29) is 11.5 Å². The minimum atomic E-state index is -0.115. The number of hydrogen-bond donors (Lipinski definition) is 1. The molecule has 124 valence electrons. The van der Waals surface area contributed by atoms with Crippen molar-refractivity contribution in [2.45, 2.75) is 26.7 Å². The average molecular weight is 452 g/mol. The molecule has 0 spiro atoms. The van der Waals surface area contributed by atoms with Gasteiger partial charge in [0.05, 0.1) is 14.5 Å². The molecule has 0 saturated heterocycles. The van der Waals surface area contributed by atoms with Crippen molar-refractivity contribution in [2.75, 3.05) is 0 Å². The van der Waals surface area contributed by atoms with Crippen LogP contribution in [-0.4, -0.2) is 10.9 Å². The number of aryl methyl sites for hydroxylation is 2. The van der Waals surface area contributed by atoms with E-state index in [1.807, 2.05) is 25.1 Å². The summed E-state index contributed by atoms with van der Waals surface area (Å²) in [7, 11) is 0. The number of phenolic OH excluding ortho intramolecular Hbond substituents is 1. The first-order valence-electron chi connectivity index (χ1n) is 7.73. The van der Waals surface area contributed by atoms with Gasteiger partial charge in [-0.15, -0.1) is 0 Å². The number of rotatable bonds is 4. The summed E-state index contributed by atoms with van der Waals surface area (Å²) >= 11 is 6.55. The van der Waals surface area contributed by atoms with E-state index < -0.39 is 0 Å². The summed E-state index contributed by atoms with van der Waals surface area (Å²) in [5.41, 5.74) is 3.00. The average Bonchev–Trinajstić information content (AvgIpc) is 2.95. The van der Waals surface area contributed by atoms with Crippen molar-refractivity contribution in [2.24, 2.45) is 0 Å². The molecule has 0 aliphatic carbocycles. The fourth-order valence-electron chi connectivity index (χ4n) is 2.75. The van der Waals surface area contributed by atoms with Gasteiger partial charge in [-0.1, -0.05) is 26.0 Å². The van der Waals surface area contributed by atoms with Crippen LogP contribution in [0.15, 0.2) is 43.7 Å². The SMILES string of the molecule is CCc1ccc2c(C(=O)c3cc(Br)c(O)c(Br)c3)c(CC)oc2c1. The molecule has 3 nitrogen and oxygen atoms in total. The molecule has 0 aliphatic rings. The molecule has 0 bridgehead atoms. The lowest BCUT2D eigenvalue weighted by atomic mass is 9.98. The van der Waals surface area contributed by atoms with Gasteiger partial charge in [-0.05, 0) is 62.0 Å². The first-order valence-corrected chi connectivity index (χ1v) is 9.31. The highest BCUT2D eigenvalue weighted by Crippen LogP contribution is 2.36. The number of fused-ring (bicyclic) bond motifs is 1. The molecule has 1 N–H and O–H groups in total. The highest BCUT2D eigenvalue weighted by atomic mass is 79.9. The van der Waals surface area contributed by atoms with E-state index in [1.165, 1.54) is 5.56 Å². The molecule has 0 saturated carbocycles. The lowest BCUT2D eigenvalue weighted by Crippen LogP contribution is -2.04. The Morgan fingerprint density at radius 3 is 2.33 bits per heavy atom. The maximum atomic E-state index is 13.1. The molecular weight excluding hydrogens is 436 g/mol. The Bertz CT molecular complexity index is 918. The van der Waals surface area contributed by atoms with Crippen molar-refractivity contribution in [1.29, 1.82) is 0 Å². The van der Waals surface area contributed by atoms with E-state index in [1.54, 1.807) is 12.1 Å². The zero-order valence-corrected chi connectivity index (χ0v) is 16.5. The van der Waals surface area contributed by atoms with E-state index in [0.717, 1.165) is 17.4 Å². The van der Waals surface area contributed by atoms with Gasteiger partial charge in [-0.25, -0.2) is 0 Å². The monoisotopic (exact) mass is 450 g/mol. The fraction of sp³-hybridized carbons (Fsp3) is 0.211. The predicted octanol–water partition coefficient (Wildman–Crippen LogP) is 6.02. The van der Waals surface area contributed by atoms with E-state index in [4.69, 9.17) is 4.42 Å². The first-order chi connectivity index (χ1) is 11.5. The molecule has 0 fully saturated rings. The van der Waals surface area contributed by atoms with Crippen molar-refractivity contribution < 1.29 is 14.3 Å². The van der Waals surface area contributed by atoms with Gasteiger partial charge < -0.3 is 9.52 Å². The maximum Gasteiger partial charge on any atom is 0.197 e. The fourth-order valence-corrected chi connectivity index (χ4v) is 3.94. The van der Waals surface area contributed by atoms with Crippen molar-refractivity contribution in [3.8, 4) is 5.75 Å². The summed E-state index contributed by atoms with van der Waals surface area (Å²) in [6, 6.07) is 9.22. The number of halogens is 2. The number of carbonyl (C=O) groups is 1. The Hall–Kier alpha value is -1.59. The van der Waals surface area contributed by atoms with Crippen LogP contribution in [0.4, 0.5) is 0 Å².